The van der Waals surface area contributed by atoms with Crippen molar-refractivity contribution in [3.8, 4) is 0 Å². The fourth-order valence-electron chi connectivity index (χ4n) is 2.53. The van der Waals surface area contributed by atoms with Crippen LogP contribution in [0.25, 0.3) is 0 Å². The van der Waals surface area contributed by atoms with E-state index in [1.807, 2.05) is 0 Å². The van der Waals surface area contributed by atoms with E-state index in [9.17, 15) is 0 Å². The summed E-state index contributed by atoms with van der Waals surface area (Å²) in [5, 5.41) is 0. The number of alkyl halides is 1. The van der Waals surface area contributed by atoms with Crippen molar-refractivity contribution >= 4 is 15.9 Å². The minimum Gasteiger partial charge on any atom is -0.0891 e. The van der Waals surface area contributed by atoms with Gasteiger partial charge in [0.2, 0.25) is 0 Å². The van der Waals surface area contributed by atoms with Crippen molar-refractivity contribution in [2.24, 2.45) is 5.92 Å². The lowest BCUT2D eigenvalue weighted by molar-refractivity contribution is 0.411. The van der Waals surface area contributed by atoms with Gasteiger partial charge in [-0.3, -0.25) is 0 Å². The molecular formula is C13H25Br. The van der Waals surface area contributed by atoms with Crippen molar-refractivity contribution in [2.45, 2.75) is 76.0 Å². The smallest absolute Gasteiger partial charge is 0.0145 e. The Hall–Kier alpha value is 0.480. The van der Waals surface area contributed by atoms with E-state index in [1.54, 1.807) is 0 Å². The largest absolute Gasteiger partial charge is 0.0891 e. The molecule has 0 heterocycles. The third-order valence-corrected chi connectivity index (χ3v) is 4.38. The zero-order valence-electron chi connectivity index (χ0n) is 9.60. The van der Waals surface area contributed by atoms with Crippen molar-refractivity contribution in [3.63, 3.8) is 0 Å². The van der Waals surface area contributed by atoms with Gasteiger partial charge in [0.1, 0.15) is 0 Å². The molecule has 1 atom stereocenters. The van der Waals surface area contributed by atoms with E-state index in [0.29, 0.717) is 0 Å². The van der Waals surface area contributed by atoms with Crippen LogP contribution in [0.4, 0.5) is 0 Å². The summed E-state index contributed by atoms with van der Waals surface area (Å²) in [6.07, 6.45) is 14.5. The summed E-state index contributed by atoms with van der Waals surface area (Å²) < 4.78 is 0. The summed E-state index contributed by atoms with van der Waals surface area (Å²) >= 11 is 3.78. The van der Waals surface area contributed by atoms with Gasteiger partial charge in [0.15, 0.2) is 0 Å². The molecule has 0 bridgehead atoms. The van der Waals surface area contributed by atoms with E-state index in [1.165, 1.54) is 64.2 Å². The molecule has 0 N–H and O–H groups in total. The zero-order valence-corrected chi connectivity index (χ0v) is 11.2. The molecule has 0 radical (unpaired) electrons. The quantitative estimate of drug-likeness (QED) is 0.465. The molecule has 0 nitrogen and oxygen atoms in total. The van der Waals surface area contributed by atoms with E-state index >= 15 is 0 Å². The van der Waals surface area contributed by atoms with Crippen molar-refractivity contribution < 1.29 is 0 Å². The molecule has 84 valence electrons. The van der Waals surface area contributed by atoms with Gasteiger partial charge in [-0.1, -0.05) is 67.8 Å². The summed E-state index contributed by atoms with van der Waals surface area (Å²) in [6.45, 7) is 2.28. The van der Waals surface area contributed by atoms with Crippen molar-refractivity contribution in [3.05, 3.63) is 0 Å². The lowest BCUT2D eigenvalue weighted by Crippen LogP contribution is -2.04. The standard InChI is InChI=1S/C13H25Br/c1-2-7-13(14)11-10-12-8-5-3-4-6-9-12/h12-13H,2-11H2,1H3. The number of hydrogen-bond acceptors (Lipinski definition) is 0. The Morgan fingerprint density at radius 2 is 1.71 bits per heavy atom. The maximum Gasteiger partial charge on any atom is 0.0145 e. The van der Waals surface area contributed by atoms with E-state index in [2.05, 4.69) is 22.9 Å². The van der Waals surface area contributed by atoms with Gasteiger partial charge in [0.05, 0.1) is 0 Å². The van der Waals surface area contributed by atoms with Crippen molar-refractivity contribution in [2.75, 3.05) is 0 Å². The van der Waals surface area contributed by atoms with Crippen LogP contribution in [0.5, 0.6) is 0 Å². The van der Waals surface area contributed by atoms with Gasteiger partial charge < -0.3 is 0 Å². The third-order valence-electron chi connectivity index (χ3n) is 3.46. The van der Waals surface area contributed by atoms with Crippen LogP contribution in [0.15, 0.2) is 0 Å². The van der Waals surface area contributed by atoms with Crippen LogP contribution in [0.1, 0.15) is 71.1 Å². The summed E-state index contributed by atoms with van der Waals surface area (Å²) in [7, 11) is 0. The molecule has 14 heavy (non-hydrogen) atoms. The first kappa shape index (κ1) is 12.5. The van der Waals surface area contributed by atoms with E-state index in [4.69, 9.17) is 0 Å². The van der Waals surface area contributed by atoms with Crippen LogP contribution in [-0.4, -0.2) is 4.83 Å². The molecule has 0 aromatic heterocycles. The van der Waals surface area contributed by atoms with Crippen LogP contribution >= 0.6 is 15.9 Å². The van der Waals surface area contributed by atoms with Crippen LogP contribution in [-0.2, 0) is 0 Å². The molecule has 0 spiro atoms. The average molecular weight is 261 g/mol. The van der Waals surface area contributed by atoms with Gasteiger partial charge in [0, 0.05) is 4.83 Å². The SMILES string of the molecule is CCCC(Br)CCC1CCCCCC1. The summed E-state index contributed by atoms with van der Waals surface area (Å²) in [6, 6.07) is 0. The van der Waals surface area contributed by atoms with Crippen molar-refractivity contribution in [1.82, 2.24) is 0 Å². The first-order valence-corrected chi connectivity index (χ1v) is 7.38. The Morgan fingerprint density at radius 1 is 1.07 bits per heavy atom. The lowest BCUT2D eigenvalue weighted by atomic mass is 9.94. The summed E-state index contributed by atoms with van der Waals surface area (Å²) in [5.41, 5.74) is 0. The normalized spacial score (nSPS) is 21.9. The van der Waals surface area contributed by atoms with E-state index < -0.39 is 0 Å². The maximum atomic E-state index is 3.78. The van der Waals surface area contributed by atoms with Crippen LogP contribution in [0.3, 0.4) is 0 Å². The fraction of sp³-hybridized carbons (Fsp3) is 1.00. The minimum atomic E-state index is 0.788. The van der Waals surface area contributed by atoms with Gasteiger partial charge in [-0.2, -0.15) is 0 Å². The van der Waals surface area contributed by atoms with Crippen LogP contribution in [0, 0.1) is 5.92 Å². The van der Waals surface area contributed by atoms with E-state index in [0.717, 1.165) is 10.7 Å². The molecule has 1 unspecified atom stereocenters. The number of hydrogen-bond donors (Lipinski definition) is 0. The Labute approximate surface area is 98.0 Å². The molecule has 0 amide bonds. The highest BCUT2D eigenvalue weighted by atomic mass is 79.9. The van der Waals surface area contributed by atoms with Gasteiger partial charge in [-0.05, 0) is 25.2 Å². The van der Waals surface area contributed by atoms with Gasteiger partial charge in [0.25, 0.3) is 0 Å². The van der Waals surface area contributed by atoms with Gasteiger partial charge in [-0.15, -0.1) is 0 Å². The predicted octanol–water partition coefficient (Wildman–Crippen LogP) is 5.30. The topological polar surface area (TPSA) is 0 Å². The maximum absolute atomic E-state index is 3.78. The Bertz CT molecular complexity index is 125. The third kappa shape index (κ3) is 5.38. The zero-order chi connectivity index (χ0) is 10.2. The molecule has 1 heteroatoms. The first-order valence-electron chi connectivity index (χ1n) is 6.47. The lowest BCUT2D eigenvalue weighted by Gasteiger charge is -2.15. The molecule has 1 aliphatic carbocycles. The highest BCUT2D eigenvalue weighted by Gasteiger charge is 2.13. The highest BCUT2D eigenvalue weighted by molar-refractivity contribution is 9.09. The predicted molar refractivity (Wildman–Crippen MR) is 68.0 cm³/mol. The Morgan fingerprint density at radius 3 is 2.29 bits per heavy atom. The molecular weight excluding hydrogens is 236 g/mol. The number of halogens is 1. The first-order chi connectivity index (χ1) is 6.83. The second kappa shape index (κ2) is 7.73. The molecule has 0 saturated heterocycles. The minimum absolute atomic E-state index is 0.788. The molecule has 1 saturated carbocycles. The Kier molecular flexibility index (Phi) is 6.93. The average Bonchev–Trinajstić information content (AvgIpc) is 2.43. The molecule has 0 aromatic rings. The molecule has 1 aliphatic rings. The molecule has 0 aliphatic heterocycles. The molecule has 0 aromatic carbocycles. The number of rotatable bonds is 5. The van der Waals surface area contributed by atoms with Crippen molar-refractivity contribution in [1.29, 1.82) is 0 Å². The monoisotopic (exact) mass is 260 g/mol. The second-order valence-corrected chi connectivity index (χ2v) is 6.12. The van der Waals surface area contributed by atoms with Crippen LogP contribution < -0.4 is 0 Å². The highest BCUT2D eigenvalue weighted by Crippen LogP contribution is 2.28. The van der Waals surface area contributed by atoms with Gasteiger partial charge in [-0.25, -0.2) is 0 Å². The summed E-state index contributed by atoms with van der Waals surface area (Å²) in [4.78, 5) is 0.788. The molecule has 1 rings (SSSR count). The van der Waals surface area contributed by atoms with Gasteiger partial charge >= 0.3 is 0 Å². The second-order valence-electron chi connectivity index (χ2n) is 4.82. The Balaban J connectivity index is 2.09. The molecule has 1 fully saturated rings. The fourth-order valence-corrected chi connectivity index (χ4v) is 3.25. The summed E-state index contributed by atoms with van der Waals surface area (Å²) in [5.74, 6) is 1.05. The van der Waals surface area contributed by atoms with E-state index in [-0.39, 0.29) is 0 Å². The van der Waals surface area contributed by atoms with Crippen LogP contribution in [0.2, 0.25) is 0 Å².